The van der Waals surface area contributed by atoms with Gasteiger partial charge in [-0.1, -0.05) is 31.2 Å². The minimum atomic E-state index is -0.485. The fraction of sp³-hybridized carbons (Fsp3) is 0.464. The number of fused-ring (bicyclic) bond motifs is 1. The lowest BCUT2D eigenvalue weighted by Gasteiger charge is -2.31. The molecule has 11 heteroatoms. The molecule has 39 heavy (non-hydrogen) atoms. The van der Waals surface area contributed by atoms with Crippen LogP contribution in [-0.2, 0) is 9.53 Å². The van der Waals surface area contributed by atoms with Crippen LogP contribution >= 0.6 is 0 Å². The van der Waals surface area contributed by atoms with Crippen molar-refractivity contribution in [1.82, 2.24) is 20.1 Å². The molecule has 1 unspecified atom stereocenters. The van der Waals surface area contributed by atoms with E-state index in [4.69, 9.17) is 14.2 Å². The second kappa shape index (κ2) is 12.4. The summed E-state index contributed by atoms with van der Waals surface area (Å²) in [5, 5.41) is 8.87. The number of ether oxygens (including phenoxy) is 3. The lowest BCUT2D eigenvalue weighted by atomic mass is 9.97. The summed E-state index contributed by atoms with van der Waals surface area (Å²) in [5.41, 5.74) is 1.61. The number of carbonyl (C=O) groups excluding carboxylic acids is 2. The van der Waals surface area contributed by atoms with Crippen LogP contribution in [0.4, 0.5) is 9.18 Å². The van der Waals surface area contributed by atoms with Gasteiger partial charge in [-0.05, 0) is 30.2 Å². The van der Waals surface area contributed by atoms with Crippen LogP contribution in [0.15, 0.2) is 47.6 Å². The number of urea groups is 1. The molecule has 0 radical (unpaired) electrons. The Kier molecular flexibility index (Phi) is 8.58. The van der Waals surface area contributed by atoms with E-state index in [0.29, 0.717) is 62.0 Å². The second-order valence-corrected chi connectivity index (χ2v) is 9.70. The van der Waals surface area contributed by atoms with Gasteiger partial charge in [0.25, 0.3) is 5.91 Å². The average Bonchev–Trinajstić information content (AvgIpc) is 3.62. The van der Waals surface area contributed by atoms with Gasteiger partial charge in [0.15, 0.2) is 11.5 Å². The fourth-order valence-electron chi connectivity index (χ4n) is 4.90. The van der Waals surface area contributed by atoms with Crippen molar-refractivity contribution < 1.29 is 28.2 Å². The van der Waals surface area contributed by atoms with Crippen molar-refractivity contribution in [3.05, 3.63) is 59.4 Å². The zero-order valence-corrected chi connectivity index (χ0v) is 22.1. The van der Waals surface area contributed by atoms with E-state index in [9.17, 15) is 14.0 Å². The molecule has 208 valence electrons. The van der Waals surface area contributed by atoms with Gasteiger partial charge in [0, 0.05) is 44.7 Å². The number of hydrogen-bond donors (Lipinski definition) is 1. The van der Waals surface area contributed by atoms with Crippen molar-refractivity contribution in [3.63, 3.8) is 0 Å². The Balaban J connectivity index is 1.38. The first-order valence-electron chi connectivity index (χ1n) is 13.4. The number of nitrogens with zero attached hydrogens (tertiary/aromatic N) is 4. The van der Waals surface area contributed by atoms with E-state index in [0.717, 1.165) is 25.1 Å². The van der Waals surface area contributed by atoms with E-state index < -0.39 is 11.9 Å². The summed E-state index contributed by atoms with van der Waals surface area (Å²) in [4.78, 5) is 30.5. The van der Waals surface area contributed by atoms with Crippen LogP contribution in [0.1, 0.15) is 36.9 Å². The molecular formula is C28H34FN5O5. The van der Waals surface area contributed by atoms with Crippen LogP contribution in [-0.4, -0.2) is 91.7 Å². The minimum Gasteiger partial charge on any atom is -0.454 e. The zero-order chi connectivity index (χ0) is 27.2. The van der Waals surface area contributed by atoms with E-state index in [1.54, 1.807) is 24.3 Å². The molecule has 1 saturated heterocycles. The summed E-state index contributed by atoms with van der Waals surface area (Å²) >= 11 is 0. The molecule has 1 atom stereocenters. The molecule has 3 amide bonds. The third-order valence-electron chi connectivity index (χ3n) is 7.06. The number of benzene rings is 2. The molecule has 0 aliphatic carbocycles. The molecule has 2 aromatic carbocycles. The van der Waals surface area contributed by atoms with Crippen LogP contribution in [0, 0.1) is 5.82 Å². The molecular weight excluding hydrogens is 505 g/mol. The maximum absolute atomic E-state index is 14.7. The Morgan fingerprint density at radius 2 is 1.92 bits per heavy atom. The number of rotatable bonds is 9. The Labute approximate surface area is 227 Å². The Hall–Kier alpha value is -3.70. The number of hydrazone groups is 1. The van der Waals surface area contributed by atoms with Gasteiger partial charge in [0.05, 0.1) is 25.0 Å². The van der Waals surface area contributed by atoms with Gasteiger partial charge in [-0.25, -0.2) is 14.2 Å². The van der Waals surface area contributed by atoms with Gasteiger partial charge in [-0.15, -0.1) is 0 Å². The molecule has 0 aromatic heterocycles. The lowest BCUT2D eigenvalue weighted by molar-refractivity contribution is -0.133. The summed E-state index contributed by atoms with van der Waals surface area (Å²) in [6, 6.07) is 11.1. The third-order valence-corrected chi connectivity index (χ3v) is 7.06. The summed E-state index contributed by atoms with van der Waals surface area (Å²) in [5.74, 6) is 0.468. The Morgan fingerprint density at radius 1 is 1.13 bits per heavy atom. The first-order chi connectivity index (χ1) is 19.0. The maximum atomic E-state index is 14.7. The van der Waals surface area contributed by atoms with Gasteiger partial charge in [-0.3, -0.25) is 9.69 Å². The minimum absolute atomic E-state index is 0.133. The first-order valence-corrected chi connectivity index (χ1v) is 13.4. The predicted molar refractivity (Wildman–Crippen MR) is 142 cm³/mol. The number of hydrogen-bond acceptors (Lipinski definition) is 7. The van der Waals surface area contributed by atoms with Crippen molar-refractivity contribution in [3.8, 4) is 11.5 Å². The average molecular weight is 540 g/mol. The Morgan fingerprint density at radius 3 is 2.72 bits per heavy atom. The van der Waals surface area contributed by atoms with E-state index in [2.05, 4.69) is 15.3 Å². The normalized spacial score (nSPS) is 18.7. The first kappa shape index (κ1) is 26.9. The number of morpholine rings is 1. The van der Waals surface area contributed by atoms with Gasteiger partial charge < -0.3 is 24.4 Å². The SMILES string of the molecule is CCCNC(=O)N(CCN1CCOCC1)CC(=O)N1N=C(c2ccccc2F)CC1c1ccc2c(c1)OCO2. The topological polar surface area (TPSA) is 95.9 Å². The van der Waals surface area contributed by atoms with Gasteiger partial charge in [0.1, 0.15) is 12.4 Å². The highest BCUT2D eigenvalue weighted by molar-refractivity contribution is 6.03. The monoisotopic (exact) mass is 539 g/mol. The molecule has 1 fully saturated rings. The molecule has 3 aliphatic rings. The van der Waals surface area contributed by atoms with E-state index in [1.165, 1.54) is 16.0 Å². The standard InChI is InChI=1S/C28H34FN5O5/c1-2-9-30-28(36)33(11-10-32-12-14-37-15-13-32)18-27(35)34-24(20-7-8-25-26(16-20)39-19-38-25)17-23(31-34)21-5-3-4-6-22(21)29/h3-8,16,24H,2,9-15,17-19H2,1H3,(H,30,36). The lowest BCUT2D eigenvalue weighted by Crippen LogP contribution is -2.49. The number of carbonyl (C=O) groups is 2. The van der Waals surface area contributed by atoms with Crippen molar-refractivity contribution in [1.29, 1.82) is 0 Å². The van der Waals surface area contributed by atoms with Gasteiger partial charge in [-0.2, -0.15) is 5.10 Å². The van der Waals surface area contributed by atoms with Gasteiger partial charge in [0.2, 0.25) is 6.79 Å². The second-order valence-electron chi connectivity index (χ2n) is 9.70. The Bertz CT molecular complexity index is 1220. The molecule has 3 aliphatic heterocycles. The molecule has 5 rings (SSSR count). The molecule has 0 bridgehead atoms. The molecule has 0 spiro atoms. The summed E-state index contributed by atoms with van der Waals surface area (Å²) in [7, 11) is 0. The quantitative estimate of drug-likeness (QED) is 0.527. The summed E-state index contributed by atoms with van der Waals surface area (Å²) in [6.07, 6.45) is 1.10. The molecule has 2 aromatic rings. The largest absolute Gasteiger partial charge is 0.454 e. The predicted octanol–water partition coefficient (Wildman–Crippen LogP) is 2.99. The molecule has 3 heterocycles. The van der Waals surface area contributed by atoms with Crippen LogP contribution in [0.3, 0.4) is 0 Å². The highest BCUT2D eigenvalue weighted by Gasteiger charge is 2.36. The molecule has 1 N–H and O–H groups in total. The van der Waals surface area contributed by atoms with Crippen LogP contribution in [0.5, 0.6) is 11.5 Å². The van der Waals surface area contributed by atoms with Crippen LogP contribution in [0.25, 0.3) is 0 Å². The highest BCUT2D eigenvalue weighted by Crippen LogP contribution is 2.39. The zero-order valence-electron chi connectivity index (χ0n) is 22.1. The van der Waals surface area contributed by atoms with E-state index >= 15 is 0 Å². The fourth-order valence-corrected chi connectivity index (χ4v) is 4.90. The van der Waals surface area contributed by atoms with E-state index in [-0.39, 0.29) is 25.3 Å². The van der Waals surface area contributed by atoms with Crippen LogP contribution in [0.2, 0.25) is 0 Å². The number of nitrogens with one attached hydrogen (secondary N) is 1. The number of halogens is 1. The van der Waals surface area contributed by atoms with Crippen molar-refractivity contribution in [2.75, 3.05) is 59.3 Å². The van der Waals surface area contributed by atoms with Crippen molar-refractivity contribution in [2.45, 2.75) is 25.8 Å². The maximum Gasteiger partial charge on any atom is 0.317 e. The highest BCUT2D eigenvalue weighted by atomic mass is 19.1. The van der Waals surface area contributed by atoms with Crippen molar-refractivity contribution in [2.24, 2.45) is 5.10 Å². The van der Waals surface area contributed by atoms with Gasteiger partial charge >= 0.3 is 6.03 Å². The number of amides is 3. The third kappa shape index (κ3) is 6.31. The van der Waals surface area contributed by atoms with Crippen molar-refractivity contribution >= 4 is 17.6 Å². The molecule has 0 saturated carbocycles. The summed E-state index contributed by atoms with van der Waals surface area (Å²) < 4.78 is 31.1. The van der Waals surface area contributed by atoms with Crippen LogP contribution < -0.4 is 14.8 Å². The van der Waals surface area contributed by atoms with E-state index in [1.807, 2.05) is 19.1 Å². The smallest absolute Gasteiger partial charge is 0.317 e. The summed E-state index contributed by atoms with van der Waals surface area (Å²) in [6.45, 7) is 6.35. The molecule has 10 nitrogen and oxygen atoms in total.